The Balaban J connectivity index is 2.49. The van der Waals surface area contributed by atoms with E-state index in [4.69, 9.17) is 9.47 Å². The molecule has 0 radical (unpaired) electrons. The van der Waals surface area contributed by atoms with E-state index in [9.17, 15) is 9.59 Å². The van der Waals surface area contributed by atoms with Crippen molar-refractivity contribution in [2.75, 3.05) is 20.8 Å². The van der Waals surface area contributed by atoms with Crippen LogP contribution < -0.4 is 9.47 Å². The molecule has 17 heavy (non-hydrogen) atoms. The number of methoxy groups -OCH3 is 2. The molecule has 1 heterocycles. The molecule has 5 heteroatoms. The number of hydrogen-bond donors (Lipinski definition) is 0. The Morgan fingerprint density at radius 2 is 1.82 bits per heavy atom. The Morgan fingerprint density at radius 3 is 2.41 bits per heavy atom. The highest BCUT2D eigenvalue weighted by Crippen LogP contribution is 2.32. The number of ketones is 1. The fourth-order valence-electron chi connectivity index (χ4n) is 1.93. The fraction of sp³-hybridized carbons (Fsp3) is 0.333. The van der Waals surface area contributed by atoms with Crippen LogP contribution in [0.3, 0.4) is 0 Å². The minimum Gasteiger partial charge on any atom is -0.493 e. The van der Waals surface area contributed by atoms with Crippen LogP contribution >= 0.6 is 0 Å². The average Bonchev–Trinajstić information content (AvgIpc) is 2.36. The first-order chi connectivity index (χ1) is 8.19. The van der Waals surface area contributed by atoms with Crippen molar-refractivity contribution in [1.29, 1.82) is 0 Å². The quantitative estimate of drug-likeness (QED) is 0.729. The zero-order valence-corrected chi connectivity index (χ0v) is 9.73. The van der Waals surface area contributed by atoms with Gasteiger partial charge in [0, 0.05) is 12.1 Å². The van der Waals surface area contributed by atoms with Gasteiger partial charge in [0.15, 0.2) is 17.3 Å². The van der Waals surface area contributed by atoms with Crippen molar-refractivity contribution in [2.24, 2.45) is 0 Å². The third-order valence-corrected chi connectivity index (χ3v) is 2.78. The summed E-state index contributed by atoms with van der Waals surface area (Å²) in [5, 5.41) is 0. The largest absolute Gasteiger partial charge is 0.493 e. The number of rotatable bonds is 3. The molecule has 0 unspecified atom stereocenters. The van der Waals surface area contributed by atoms with E-state index in [1.165, 1.54) is 19.1 Å². The van der Waals surface area contributed by atoms with Crippen LogP contribution in [0, 0.1) is 0 Å². The molecular formula is C12H13NO4. The molecule has 0 spiro atoms. The summed E-state index contributed by atoms with van der Waals surface area (Å²) in [6.07, 6.45) is 0.678. The number of amides is 1. The van der Waals surface area contributed by atoms with Gasteiger partial charge in [0.25, 0.3) is 0 Å². The number of benzene rings is 1. The summed E-state index contributed by atoms with van der Waals surface area (Å²) in [4.78, 5) is 24.0. The molecule has 1 aromatic carbocycles. The summed E-state index contributed by atoms with van der Waals surface area (Å²) in [7, 11) is 3.06. The van der Waals surface area contributed by atoms with Gasteiger partial charge in [-0.3, -0.25) is 9.59 Å². The molecular weight excluding hydrogens is 222 g/mol. The van der Waals surface area contributed by atoms with Gasteiger partial charge in [0.2, 0.25) is 6.41 Å². The Bertz CT molecular complexity index is 470. The summed E-state index contributed by atoms with van der Waals surface area (Å²) in [5.74, 6) is 1.00. The molecule has 1 aliphatic rings. The molecule has 0 N–H and O–H groups in total. The monoisotopic (exact) mass is 235 g/mol. The summed E-state index contributed by atoms with van der Waals surface area (Å²) in [6, 6.07) is 3.40. The molecule has 0 fully saturated rings. The number of carbonyl (C=O) groups is 2. The van der Waals surface area contributed by atoms with Gasteiger partial charge in [-0.05, 0) is 17.7 Å². The molecule has 0 aliphatic carbocycles. The summed E-state index contributed by atoms with van der Waals surface area (Å²) in [6.45, 7) is 0.539. The topological polar surface area (TPSA) is 55.8 Å². The number of hydrogen-bond acceptors (Lipinski definition) is 4. The first kappa shape index (κ1) is 11.4. The maximum atomic E-state index is 11.8. The van der Waals surface area contributed by atoms with E-state index in [-0.39, 0.29) is 12.3 Å². The number of fused-ring (bicyclic) bond motifs is 1. The van der Waals surface area contributed by atoms with E-state index in [1.807, 2.05) is 0 Å². The summed E-state index contributed by atoms with van der Waals surface area (Å²) < 4.78 is 10.3. The van der Waals surface area contributed by atoms with Gasteiger partial charge in [0.05, 0.1) is 20.8 Å². The van der Waals surface area contributed by atoms with Crippen LogP contribution in [0.25, 0.3) is 0 Å². The number of carbonyl (C=O) groups excluding carboxylic acids is 2. The lowest BCUT2D eigenvalue weighted by Gasteiger charge is -2.25. The van der Waals surface area contributed by atoms with Gasteiger partial charge < -0.3 is 14.4 Å². The maximum absolute atomic E-state index is 11.8. The van der Waals surface area contributed by atoms with Crippen LogP contribution in [-0.4, -0.2) is 37.9 Å². The Hall–Kier alpha value is -2.04. The molecule has 0 saturated carbocycles. The van der Waals surface area contributed by atoms with Crippen LogP contribution in [0.1, 0.15) is 15.9 Å². The van der Waals surface area contributed by atoms with Crippen molar-refractivity contribution >= 4 is 12.2 Å². The van der Waals surface area contributed by atoms with Crippen molar-refractivity contribution in [2.45, 2.75) is 6.54 Å². The van der Waals surface area contributed by atoms with Gasteiger partial charge in [0.1, 0.15) is 0 Å². The van der Waals surface area contributed by atoms with E-state index >= 15 is 0 Å². The highest BCUT2D eigenvalue weighted by atomic mass is 16.5. The van der Waals surface area contributed by atoms with Crippen molar-refractivity contribution in [3.05, 3.63) is 23.3 Å². The molecule has 1 aromatic rings. The number of ether oxygens (including phenoxy) is 2. The normalized spacial score (nSPS) is 14.2. The molecule has 1 amide bonds. The van der Waals surface area contributed by atoms with Gasteiger partial charge in [-0.1, -0.05) is 0 Å². The Labute approximate surface area is 98.9 Å². The molecule has 90 valence electrons. The average molecular weight is 235 g/mol. The van der Waals surface area contributed by atoms with E-state index < -0.39 is 0 Å². The van der Waals surface area contributed by atoms with Gasteiger partial charge in [-0.2, -0.15) is 0 Å². The predicted molar refractivity (Wildman–Crippen MR) is 60.4 cm³/mol. The zero-order valence-electron chi connectivity index (χ0n) is 9.73. The van der Waals surface area contributed by atoms with E-state index in [2.05, 4.69) is 0 Å². The van der Waals surface area contributed by atoms with Crippen LogP contribution in [0.4, 0.5) is 0 Å². The van der Waals surface area contributed by atoms with Crippen LogP contribution in [0.15, 0.2) is 12.1 Å². The van der Waals surface area contributed by atoms with Crippen LogP contribution in [-0.2, 0) is 11.3 Å². The lowest BCUT2D eigenvalue weighted by molar-refractivity contribution is -0.118. The third kappa shape index (κ3) is 1.95. The molecule has 5 nitrogen and oxygen atoms in total. The maximum Gasteiger partial charge on any atom is 0.210 e. The molecule has 0 bridgehead atoms. The lowest BCUT2D eigenvalue weighted by Crippen LogP contribution is -2.33. The molecule has 1 aliphatic heterocycles. The van der Waals surface area contributed by atoms with Crippen molar-refractivity contribution in [3.63, 3.8) is 0 Å². The third-order valence-electron chi connectivity index (χ3n) is 2.78. The number of Topliss-reactive ketones (excluding diaryl/α,β-unsaturated/α-hetero) is 1. The Kier molecular flexibility index (Phi) is 2.99. The highest BCUT2D eigenvalue weighted by molar-refractivity contribution is 6.01. The minimum absolute atomic E-state index is 0.0840. The lowest BCUT2D eigenvalue weighted by atomic mass is 9.98. The fourth-order valence-corrected chi connectivity index (χ4v) is 1.93. The van der Waals surface area contributed by atoms with E-state index in [1.54, 1.807) is 12.1 Å². The van der Waals surface area contributed by atoms with Gasteiger partial charge in [-0.15, -0.1) is 0 Å². The number of nitrogens with zero attached hydrogens (tertiary/aromatic N) is 1. The highest BCUT2D eigenvalue weighted by Gasteiger charge is 2.24. The first-order valence-corrected chi connectivity index (χ1v) is 5.17. The summed E-state index contributed by atoms with van der Waals surface area (Å²) >= 11 is 0. The second kappa shape index (κ2) is 4.45. The predicted octanol–water partition coefficient (Wildman–Crippen LogP) is 0.858. The van der Waals surface area contributed by atoms with E-state index in [0.717, 1.165) is 5.56 Å². The second-order valence-electron chi connectivity index (χ2n) is 3.80. The Morgan fingerprint density at radius 1 is 1.18 bits per heavy atom. The van der Waals surface area contributed by atoms with Gasteiger partial charge >= 0.3 is 0 Å². The standard InChI is InChI=1S/C12H13NO4/c1-16-11-3-8-5-13(7-14)6-10(15)9(8)4-12(11)17-2/h3-4,7H,5-6H2,1-2H3. The zero-order chi connectivity index (χ0) is 12.4. The van der Waals surface area contributed by atoms with Crippen molar-refractivity contribution in [1.82, 2.24) is 4.90 Å². The molecule has 0 saturated heterocycles. The second-order valence-corrected chi connectivity index (χ2v) is 3.80. The summed E-state index contributed by atoms with van der Waals surface area (Å²) in [5.41, 5.74) is 1.38. The molecule has 2 rings (SSSR count). The molecule has 0 atom stereocenters. The SMILES string of the molecule is COc1cc2c(cc1OC)C(=O)CN(C=O)C2. The van der Waals surface area contributed by atoms with Crippen LogP contribution in [0.5, 0.6) is 11.5 Å². The van der Waals surface area contributed by atoms with Crippen molar-refractivity contribution in [3.8, 4) is 11.5 Å². The van der Waals surface area contributed by atoms with Gasteiger partial charge in [-0.25, -0.2) is 0 Å². The molecule has 0 aromatic heterocycles. The van der Waals surface area contributed by atoms with E-state index in [0.29, 0.717) is 30.0 Å². The smallest absolute Gasteiger partial charge is 0.210 e. The first-order valence-electron chi connectivity index (χ1n) is 5.17. The van der Waals surface area contributed by atoms with Crippen molar-refractivity contribution < 1.29 is 19.1 Å². The van der Waals surface area contributed by atoms with Crippen LogP contribution in [0.2, 0.25) is 0 Å². The minimum atomic E-state index is -0.0840.